The van der Waals surface area contributed by atoms with Gasteiger partial charge >= 0.3 is 0 Å². The van der Waals surface area contributed by atoms with Gasteiger partial charge in [-0.25, -0.2) is 0 Å². The molecule has 2 heteroatoms. The number of aromatic hydroxyl groups is 2. The van der Waals surface area contributed by atoms with Crippen LogP contribution in [0.2, 0.25) is 0 Å². The average molecular weight is 537 g/mol. The first-order valence-corrected chi connectivity index (χ1v) is 16.7. The Hall–Kier alpha value is -1.96. The smallest absolute Gasteiger partial charge is 0.118 e. The molecule has 2 nitrogen and oxygen atoms in total. The first-order valence-electron chi connectivity index (χ1n) is 16.7. The van der Waals surface area contributed by atoms with Crippen LogP contribution in [0.3, 0.4) is 0 Å². The Kier molecular flexibility index (Phi) is 17.8. The SMILES string of the molecule is CCCCCCCCCCCCCCCCCCC(c1ccc(O)c(CCC)c1)c1ccc(O)c(CCC)c1. The van der Waals surface area contributed by atoms with Crippen LogP contribution in [0.15, 0.2) is 36.4 Å². The van der Waals surface area contributed by atoms with E-state index >= 15 is 0 Å². The lowest BCUT2D eigenvalue weighted by molar-refractivity contribution is 0.466. The minimum atomic E-state index is 0.309. The maximum atomic E-state index is 10.4. The summed E-state index contributed by atoms with van der Waals surface area (Å²) < 4.78 is 0. The van der Waals surface area contributed by atoms with Crippen molar-refractivity contribution in [2.45, 2.75) is 162 Å². The number of benzene rings is 2. The van der Waals surface area contributed by atoms with Crippen molar-refractivity contribution in [3.63, 3.8) is 0 Å². The summed E-state index contributed by atoms with van der Waals surface area (Å²) in [5, 5.41) is 20.7. The van der Waals surface area contributed by atoms with Crippen LogP contribution < -0.4 is 0 Å². The molecule has 2 N–H and O–H groups in total. The van der Waals surface area contributed by atoms with E-state index in [0.717, 1.165) is 43.2 Å². The van der Waals surface area contributed by atoms with E-state index in [0.29, 0.717) is 17.4 Å². The Morgan fingerprint density at radius 1 is 0.462 bits per heavy atom. The van der Waals surface area contributed by atoms with Gasteiger partial charge in [-0.15, -0.1) is 0 Å². The van der Waals surface area contributed by atoms with E-state index in [2.05, 4.69) is 45.0 Å². The van der Waals surface area contributed by atoms with E-state index in [1.807, 2.05) is 12.1 Å². The number of rotatable bonds is 23. The Morgan fingerprint density at radius 3 is 1.18 bits per heavy atom. The molecule has 0 aliphatic heterocycles. The first kappa shape index (κ1) is 33.2. The molecule has 0 saturated carbocycles. The van der Waals surface area contributed by atoms with Crippen molar-refractivity contribution in [2.24, 2.45) is 0 Å². The molecule has 0 aromatic heterocycles. The summed E-state index contributed by atoms with van der Waals surface area (Å²) in [7, 11) is 0. The van der Waals surface area contributed by atoms with Gasteiger partial charge in [-0.1, -0.05) is 161 Å². The summed E-state index contributed by atoms with van der Waals surface area (Å²) in [4.78, 5) is 0. The molecule has 0 spiro atoms. The standard InChI is InChI=1S/C37H60O2/c1-4-7-8-9-10-11-12-13-14-15-16-17-18-19-20-21-24-35(31-25-27-36(38)33(29-31)22-5-2)32-26-28-37(39)34(30-32)23-6-3/h25-30,35,38-39H,4-24H2,1-3H3. The summed E-state index contributed by atoms with van der Waals surface area (Å²) in [6.45, 7) is 6.62. The Labute approximate surface area is 241 Å². The first-order chi connectivity index (χ1) is 19.1. The zero-order valence-corrected chi connectivity index (χ0v) is 25.8. The third kappa shape index (κ3) is 13.3. The second-order valence-electron chi connectivity index (χ2n) is 11.9. The van der Waals surface area contributed by atoms with Gasteiger partial charge in [0.1, 0.15) is 11.5 Å². The molecule has 0 heterocycles. The van der Waals surface area contributed by atoms with Crippen LogP contribution in [0.5, 0.6) is 11.5 Å². The number of phenols is 2. The van der Waals surface area contributed by atoms with Crippen LogP contribution in [-0.2, 0) is 12.8 Å². The average Bonchev–Trinajstić information content (AvgIpc) is 2.93. The van der Waals surface area contributed by atoms with Gasteiger partial charge in [0.2, 0.25) is 0 Å². The van der Waals surface area contributed by atoms with Crippen molar-refractivity contribution in [1.29, 1.82) is 0 Å². The second kappa shape index (κ2) is 20.9. The molecule has 0 bridgehead atoms. The van der Waals surface area contributed by atoms with Crippen LogP contribution in [0, 0.1) is 0 Å². The molecule has 0 aliphatic rings. The van der Waals surface area contributed by atoms with Crippen molar-refractivity contribution in [3.8, 4) is 11.5 Å². The summed E-state index contributed by atoms with van der Waals surface area (Å²) in [6.07, 6.45) is 27.2. The molecule has 0 aliphatic carbocycles. The third-order valence-corrected chi connectivity index (χ3v) is 8.40. The molecule has 0 fully saturated rings. The summed E-state index contributed by atoms with van der Waals surface area (Å²) >= 11 is 0. The zero-order valence-electron chi connectivity index (χ0n) is 25.8. The van der Waals surface area contributed by atoms with Crippen molar-refractivity contribution in [3.05, 3.63) is 58.7 Å². The molecule has 2 rings (SSSR count). The topological polar surface area (TPSA) is 40.5 Å². The van der Waals surface area contributed by atoms with Gasteiger partial charge in [0.25, 0.3) is 0 Å². The largest absolute Gasteiger partial charge is 0.508 e. The van der Waals surface area contributed by atoms with E-state index < -0.39 is 0 Å². The monoisotopic (exact) mass is 536 g/mol. The number of hydrogen-bond donors (Lipinski definition) is 2. The van der Waals surface area contributed by atoms with E-state index in [-0.39, 0.29) is 0 Å². The summed E-state index contributed by atoms with van der Waals surface area (Å²) in [5.74, 6) is 1.14. The molecular formula is C37H60O2. The van der Waals surface area contributed by atoms with Crippen molar-refractivity contribution in [1.82, 2.24) is 0 Å². The van der Waals surface area contributed by atoms with Crippen LogP contribution in [0.4, 0.5) is 0 Å². The highest BCUT2D eigenvalue weighted by atomic mass is 16.3. The van der Waals surface area contributed by atoms with Gasteiger partial charge in [0.05, 0.1) is 0 Å². The summed E-state index contributed by atoms with van der Waals surface area (Å²) in [6, 6.07) is 12.4. The quantitative estimate of drug-likeness (QED) is 0.139. The molecule has 39 heavy (non-hydrogen) atoms. The highest BCUT2D eigenvalue weighted by molar-refractivity contribution is 5.44. The Balaban J connectivity index is 1.76. The lowest BCUT2D eigenvalue weighted by Crippen LogP contribution is -2.04. The van der Waals surface area contributed by atoms with E-state index in [4.69, 9.17) is 0 Å². The molecule has 220 valence electrons. The lowest BCUT2D eigenvalue weighted by atomic mass is 9.84. The maximum absolute atomic E-state index is 10.4. The number of phenolic OH excluding ortho intramolecular Hbond substituents is 2. The fourth-order valence-electron chi connectivity index (χ4n) is 6.01. The molecule has 2 aromatic carbocycles. The van der Waals surface area contributed by atoms with Crippen LogP contribution >= 0.6 is 0 Å². The van der Waals surface area contributed by atoms with Gasteiger partial charge in [0, 0.05) is 5.92 Å². The molecule has 0 unspecified atom stereocenters. The number of aryl methyl sites for hydroxylation is 2. The van der Waals surface area contributed by atoms with Crippen LogP contribution in [-0.4, -0.2) is 10.2 Å². The fraction of sp³-hybridized carbons (Fsp3) is 0.676. The third-order valence-electron chi connectivity index (χ3n) is 8.40. The highest BCUT2D eigenvalue weighted by Gasteiger charge is 2.17. The van der Waals surface area contributed by atoms with Gasteiger partial charge in [-0.3, -0.25) is 0 Å². The number of unbranched alkanes of at least 4 members (excludes halogenated alkanes) is 15. The number of hydrogen-bond acceptors (Lipinski definition) is 2. The lowest BCUT2D eigenvalue weighted by Gasteiger charge is -2.21. The minimum Gasteiger partial charge on any atom is -0.508 e. The van der Waals surface area contributed by atoms with Crippen molar-refractivity contribution >= 4 is 0 Å². The van der Waals surface area contributed by atoms with Gasteiger partial charge in [-0.05, 0) is 53.6 Å². The normalized spacial score (nSPS) is 11.5. The van der Waals surface area contributed by atoms with Crippen molar-refractivity contribution in [2.75, 3.05) is 0 Å². The fourth-order valence-corrected chi connectivity index (χ4v) is 6.01. The van der Waals surface area contributed by atoms with Gasteiger partial charge in [-0.2, -0.15) is 0 Å². The predicted molar refractivity (Wildman–Crippen MR) is 170 cm³/mol. The zero-order chi connectivity index (χ0) is 28.1. The molecule has 0 saturated heterocycles. The Morgan fingerprint density at radius 2 is 0.821 bits per heavy atom. The van der Waals surface area contributed by atoms with Gasteiger partial charge < -0.3 is 10.2 Å². The second-order valence-corrected chi connectivity index (χ2v) is 11.9. The van der Waals surface area contributed by atoms with Crippen LogP contribution in [0.1, 0.15) is 171 Å². The predicted octanol–water partition coefficient (Wildman–Crippen LogP) is 11.8. The van der Waals surface area contributed by atoms with E-state index in [1.54, 1.807) is 0 Å². The molecule has 0 atom stereocenters. The van der Waals surface area contributed by atoms with E-state index in [1.165, 1.54) is 114 Å². The molecule has 2 aromatic rings. The molecular weight excluding hydrogens is 476 g/mol. The Bertz CT molecular complexity index is 831. The van der Waals surface area contributed by atoms with Crippen molar-refractivity contribution < 1.29 is 10.2 Å². The molecule has 0 amide bonds. The highest BCUT2D eigenvalue weighted by Crippen LogP contribution is 2.35. The van der Waals surface area contributed by atoms with Gasteiger partial charge in [0.15, 0.2) is 0 Å². The van der Waals surface area contributed by atoms with Crippen LogP contribution in [0.25, 0.3) is 0 Å². The summed E-state index contributed by atoms with van der Waals surface area (Å²) in [5.41, 5.74) is 4.70. The van der Waals surface area contributed by atoms with E-state index in [9.17, 15) is 10.2 Å². The minimum absolute atomic E-state index is 0.309. The maximum Gasteiger partial charge on any atom is 0.118 e. The molecule has 0 radical (unpaired) electrons.